The van der Waals surface area contributed by atoms with Gasteiger partial charge in [0, 0.05) is 0 Å². The molecule has 0 atom stereocenters. The molecule has 0 spiro atoms. The molecule has 0 radical (unpaired) electrons. The highest BCUT2D eigenvalue weighted by atomic mass is 32.2. The lowest BCUT2D eigenvalue weighted by atomic mass is 10.2. The minimum Gasteiger partial charge on any atom is -0.207 e. The predicted octanol–water partition coefficient (Wildman–Crippen LogP) is 2.13. The van der Waals surface area contributed by atoms with Gasteiger partial charge in [0.25, 0.3) is 5.82 Å². The van der Waals surface area contributed by atoms with E-state index in [0.717, 1.165) is 29.5 Å². The van der Waals surface area contributed by atoms with Crippen molar-refractivity contribution in [3.8, 4) is 0 Å². The topological polar surface area (TPSA) is 89.2 Å². The van der Waals surface area contributed by atoms with Crippen LogP contribution < -0.4 is 4.72 Å². The quantitative estimate of drug-likeness (QED) is 0.684. The Balaban J connectivity index is 1.83. The second-order valence-corrected chi connectivity index (χ2v) is 7.72. The largest absolute Gasteiger partial charge is 0.453 e. The number of alkyl halides is 3. The molecule has 1 N–H and O–H groups in total. The fourth-order valence-corrected chi connectivity index (χ4v) is 4.13. The average Bonchev–Trinajstić information content (AvgIpc) is 3.03. The Bertz CT molecular complexity index is 1040. The smallest absolute Gasteiger partial charge is 0.207 e. The normalized spacial score (nSPS) is 12.8. The van der Waals surface area contributed by atoms with Gasteiger partial charge in [-0.05, 0) is 30.7 Å². The molecule has 0 saturated heterocycles. The Morgan fingerprint density at radius 2 is 2.00 bits per heavy atom. The van der Waals surface area contributed by atoms with E-state index in [-0.39, 0.29) is 27.0 Å². The van der Waals surface area contributed by atoms with Gasteiger partial charge < -0.3 is 0 Å². The molecule has 2 aromatic heterocycles. The minimum absolute atomic E-state index is 0.0683. The summed E-state index contributed by atoms with van der Waals surface area (Å²) in [6.45, 7) is 1.08. The molecule has 134 valence electrons. The maximum atomic E-state index is 13.1. The van der Waals surface area contributed by atoms with Gasteiger partial charge in [-0.3, -0.25) is 0 Å². The van der Waals surface area contributed by atoms with Crippen LogP contribution >= 0.6 is 11.3 Å². The number of halogens is 4. The van der Waals surface area contributed by atoms with Crippen LogP contribution in [0.4, 0.5) is 17.6 Å². The van der Waals surface area contributed by atoms with Crippen LogP contribution in [0.3, 0.4) is 0 Å². The van der Waals surface area contributed by atoms with Gasteiger partial charge in [-0.15, -0.1) is 10.2 Å². The zero-order chi connectivity index (χ0) is 18.4. The van der Waals surface area contributed by atoms with Gasteiger partial charge in [-0.1, -0.05) is 11.3 Å². The molecule has 7 nitrogen and oxygen atoms in total. The molecule has 3 aromatic rings. The van der Waals surface area contributed by atoms with Crippen molar-refractivity contribution >= 4 is 26.3 Å². The molecule has 0 unspecified atom stereocenters. The molecule has 0 aliphatic carbocycles. The second kappa shape index (κ2) is 6.00. The lowest BCUT2D eigenvalue weighted by Gasteiger charge is -2.08. The number of aryl methyl sites for hydroxylation is 1. The molecule has 0 fully saturated rings. The molecule has 25 heavy (non-hydrogen) atoms. The standard InChI is InChI=1S/C12H9F4N5O2S2/c1-6-4-7(13)2-3-8(6)25(22,23)17-5-9-20-21-10(12(14,15)16)18-19-11(21)24-9/h2-4,17H,5H2,1H3. The minimum atomic E-state index is -4.73. The molecule has 0 bridgehead atoms. The third-order valence-electron chi connectivity index (χ3n) is 3.13. The van der Waals surface area contributed by atoms with Crippen LogP contribution in [0.2, 0.25) is 0 Å². The Hall–Kier alpha value is -2.12. The highest BCUT2D eigenvalue weighted by molar-refractivity contribution is 7.89. The van der Waals surface area contributed by atoms with E-state index in [4.69, 9.17) is 0 Å². The zero-order valence-corrected chi connectivity index (χ0v) is 14.0. The fraction of sp³-hybridized carbons (Fsp3) is 0.250. The van der Waals surface area contributed by atoms with E-state index in [1.165, 1.54) is 6.92 Å². The van der Waals surface area contributed by atoms with E-state index in [1.807, 2.05) is 0 Å². The molecule has 0 aliphatic heterocycles. The maximum Gasteiger partial charge on any atom is 0.453 e. The van der Waals surface area contributed by atoms with Crippen LogP contribution in [0.5, 0.6) is 0 Å². The van der Waals surface area contributed by atoms with Crippen molar-refractivity contribution in [2.24, 2.45) is 0 Å². The Morgan fingerprint density at radius 3 is 2.64 bits per heavy atom. The molecule has 0 saturated carbocycles. The van der Waals surface area contributed by atoms with E-state index >= 15 is 0 Å². The molecular weight excluding hydrogens is 386 g/mol. The number of hydrogen-bond donors (Lipinski definition) is 1. The second-order valence-electron chi connectivity index (χ2n) is 4.95. The van der Waals surface area contributed by atoms with Crippen molar-refractivity contribution in [1.29, 1.82) is 0 Å². The van der Waals surface area contributed by atoms with Gasteiger partial charge >= 0.3 is 6.18 Å². The zero-order valence-electron chi connectivity index (χ0n) is 12.4. The highest BCUT2D eigenvalue weighted by Gasteiger charge is 2.38. The monoisotopic (exact) mass is 395 g/mol. The number of nitrogens with zero attached hydrogens (tertiary/aromatic N) is 4. The first kappa shape index (κ1) is 17.7. The number of hydrogen-bond acceptors (Lipinski definition) is 6. The summed E-state index contributed by atoms with van der Waals surface area (Å²) >= 11 is 0.768. The first-order valence-electron chi connectivity index (χ1n) is 6.62. The number of nitrogens with one attached hydrogen (secondary N) is 1. The summed E-state index contributed by atoms with van der Waals surface area (Å²) in [5, 5.41) is 10.1. The van der Waals surface area contributed by atoms with Crippen molar-refractivity contribution in [2.45, 2.75) is 24.5 Å². The van der Waals surface area contributed by atoms with E-state index in [2.05, 4.69) is 20.0 Å². The van der Waals surface area contributed by atoms with Gasteiger partial charge in [0.2, 0.25) is 15.0 Å². The summed E-state index contributed by atoms with van der Waals surface area (Å²) < 4.78 is 78.5. The summed E-state index contributed by atoms with van der Waals surface area (Å²) in [4.78, 5) is -0.243. The summed E-state index contributed by atoms with van der Waals surface area (Å²) in [6.07, 6.45) is -4.73. The Kier molecular flexibility index (Phi) is 4.25. The highest BCUT2D eigenvalue weighted by Crippen LogP contribution is 2.29. The van der Waals surface area contributed by atoms with Crippen molar-refractivity contribution in [2.75, 3.05) is 0 Å². The summed E-state index contributed by atoms with van der Waals surface area (Å²) in [5.74, 6) is -1.87. The molecule has 3 rings (SSSR count). The van der Waals surface area contributed by atoms with Gasteiger partial charge in [0.1, 0.15) is 10.8 Å². The van der Waals surface area contributed by atoms with Crippen LogP contribution in [-0.4, -0.2) is 28.2 Å². The molecular formula is C12H9F4N5O2S2. The van der Waals surface area contributed by atoms with E-state index in [0.29, 0.717) is 4.52 Å². The van der Waals surface area contributed by atoms with Crippen molar-refractivity contribution in [3.63, 3.8) is 0 Å². The fourth-order valence-electron chi connectivity index (χ4n) is 2.05. The molecule has 13 heteroatoms. The number of benzene rings is 1. The van der Waals surface area contributed by atoms with Crippen molar-refractivity contribution in [3.05, 3.63) is 40.4 Å². The summed E-state index contributed by atoms with van der Waals surface area (Å²) in [5.41, 5.74) is 0.199. The SMILES string of the molecule is Cc1cc(F)ccc1S(=O)(=O)NCc1nn2c(C(F)(F)F)nnc2s1. The van der Waals surface area contributed by atoms with Crippen LogP contribution in [0, 0.1) is 12.7 Å². The van der Waals surface area contributed by atoms with Crippen molar-refractivity contribution in [1.82, 2.24) is 24.5 Å². The average molecular weight is 395 g/mol. The van der Waals surface area contributed by atoms with Gasteiger partial charge in [-0.2, -0.15) is 22.8 Å². The maximum absolute atomic E-state index is 13.1. The van der Waals surface area contributed by atoms with Crippen LogP contribution in [0.1, 0.15) is 16.4 Å². The van der Waals surface area contributed by atoms with Gasteiger partial charge in [-0.25, -0.2) is 17.5 Å². The van der Waals surface area contributed by atoms with E-state index in [9.17, 15) is 26.0 Å². The molecule has 2 heterocycles. The first-order valence-corrected chi connectivity index (χ1v) is 8.92. The molecule has 0 amide bonds. The lowest BCUT2D eigenvalue weighted by Crippen LogP contribution is -2.24. The molecule has 0 aliphatic rings. The van der Waals surface area contributed by atoms with Gasteiger partial charge in [0.05, 0.1) is 11.4 Å². The number of aromatic nitrogens is 4. The summed E-state index contributed by atoms with van der Waals surface area (Å²) in [7, 11) is -3.98. The third-order valence-corrected chi connectivity index (χ3v) is 5.59. The molecule has 1 aromatic carbocycles. The lowest BCUT2D eigenvalue weighted by molar-refractivity contribution is -0.146. The van der Waals surface area contributed by atoms with Gasteiger partial charge in [0.15, 0.2) is 0 Å². The van der Waals surface area contributed by atoms with Crippen LogP contribution in [0.15, 0.2) is 23.1 Å². The third kappa shape index (κ3) is 3.48. The predicted molar refractivity (Wildman–Crippen MR) is 78.8 cm³/mol. The van der Waals surface area contributed by atoms with Crippen LogP contribution in [0.25, 0.3) is 4.96 Å². The van der Waals surface area contributed by atoms with E-state index < -0.39 is 27.8 Å². The van der Waals surface area contributed by atoms with Crippen LogP contribution in [-0.2, 0) is 22.7 Å². The summed E-state index contributed by atoms with van der Waals surface area (Å²) in [6, 6.07) is 3.17. The van der Waals surface area contributed by atoms with E-state index in [1.54, 1.807) is 0 Å². The number of rotatable bonds is 4. The Morgan fingerprint density at radius 1 is 1.28 bits per heavy atom. The first-order chi connectivity index (χ1) is 11.6. The number of sulfonamides is 1. The van der Waals surface area contributed by atoms with Crippen molar-refractivity contribution < 1.29 is 26.0 Å². The Labute approximate surface area is 142 Å². The number of fused-ring (bicyclic) bond motifs is 1.